The third kappa shape index (κ3) is 5.13. The Balaban J connectivity index is 2.71. The summed E-state index contributed by atoms with van der Waals surface area (Å²) < 4.78 is 0. The minimum absolute atomic E-state index is 0.0325. The molecule has 0 saturated heterocycles. The molecule has 1 rings (SSSR count). The van der Waals surface area contributed by atoms with Crippen molar-refractivity contribution in [3.63, 3.8) is 0 Å². The van der Waals surface area contributed by atoms with Crippen LogP contribution >= 0.6 is 0 Å². The molecule has 0 radical (unpaired) electrons. The van der Waals surface area contributed by atoms with Gasteiger partial charge in [0.2, 0.25) is 5.91 Å². The Bertz CT molecular complexity index is 391. The van der Waals surface area contributed by atoms with E-state index in [4.69, 9.17) is 0 Å². The smallest absolute Gasteiger partial charge is 0.216 e. The third-order valence-corrected chi connectivity index (χ3v) is 2.99. The number of nitrogens with one attached hydrogen (secondary N) is 1. The number of rotatable bonds is 6. The number of Topliss-reactive ketones (excluding diaryl/α,β-unsaturated/α-hetero) is 1. The van der Waals surface area contributed by atoms with Crippen molar-refractivity contribution >= 4 is 11.7 Å². The average Bonchev–Trinajstić information content (AvgIpc) is 2.30. The lowest BCUT2D eigenvalue weighted by molar-refractivity contribution is -0.119. The molecule has 0 spiro atoms. The van der Waals surface area contributed by atoms with E-state index < -0.39 is 0 Å². The van der Waals surface area contributed by atoms with Crippen molar-refractivity contribution in [3.8, 4) is 0 Å². The van der Waals surface area contributed by atoms with Gasteiger partial charge in [-0.05, 0) is 25.8 Å². The largest absolute Gasteiger partial charge is 0.356 e. The van der Waals surface area contributed by atoms with Crippen LogP contribution in [-0.4, -0.2) is 18.2 Å². The molecule has 18 heavy (non-hydrogen) atoms. The molecule has 0 aliphatic rings. The Hall–Kier alpha value is -1.64. The van der Waals surface area contributed by atoms with Gasteiger partial charge in [-0.3, -0.25) is 4.79 Å². The highest BCUT2D eigenvalue weighted by molar-refractivity contribution is 5.75. The average molecular weight is 247 g/mol. The van der Waals surface area contributed by atoms with Crippen LogP contribution in [-0.2, 0) is 9.59 Å². The minimum atomic E-state index is -0.0325. The van der Waals surface area contributed by atoms with Crippen LogP contribution in [0, 0.1) is 6.92 Å². The number of aryl methyl sites for hydroxylation is 1. The molecule has 3 heteroatoms. The van der Waals surface area contributed by atoms with Gasteiger partial charge in [0.25, 0.3) is 0 Å². The number of amides is 1. The molecule has 0 aliphatic heterocycles. The number of ketones is 1. The number of benzene rings is 1. The van der Waals surface area contributed by atoms with Crippen LogP contribution in [0.15, 0.2) is 24.3 Å². The van der Waals surface area contributed by atoms with Crippen LogP contribution in [0.4, 0.5) is 0 Å². The molecule has 1 N–H and O–H groups in total. The molecule has 1 unspecified atom stereocenters. The molecular formula is C15H21NO2. The van der Waals surface area contributed by atoms with Crippen LogP contribution in [0.2, 0.25) is 0 Å². The molecule has 0 bridgehead atoms. The van der Waals surface area contributed by atoms with Gasteiger partial charge in [0.05, 0.1) is 0 Å². The zero-order valence-electron chi connectivity index (χ0n) is 11.3. The van der Waals surface area contributed by atoms with Crippen LogP contribution in [0.1, 0.15) is 43.7 Å². The van der Waals surface area contributed by atoms with E-state index in [9.17, 15) is 9.59 Å². The van der Waals surface area contributed by atoms with E-state index >= 15 is 0 Å². The summed E-state index contributed by atoms with van der Waals surface area (Å²) in [4.78, 5) is 22.1. The molecule has 0 saturated carbocycles. The van der Waals surface area contributed by atoms with Crippen molar-refractivity contribution in [1.82, 2.24) is 5.32 Å². The van der Waals surface area contributed by atoms with Crippen molar-refractivity contribution in [3.05, 3.63) is 35.4 Å². The molecule has 1 amide bonds. The van der Waals surface area contributed by atoms with Gasteiger partial charge in [-0.15, -0.1) is 0 Å². The predicted octanol–water partition coefficient (Wildman–Crippen LogP) is 2.58. The van der Waals surface area contributed by atoms with Crippen molar-refractivity contribution in [2.45, 2.75) is 39.5 Å². The SMILES string of the molecule is CC(=O)CCC(CNC(C)=O)c1ccc(C)cc1. The van der Waals surface area contributed by atoms with Gasteiger partial charge in [0.1, 0.15) is 5.78 Å². The van der Waals surface area contributed by atoms with Crippen LogP contribution in [0.25, 0.3) is 0 Å². The van der Waals surface area contributed by atoms with Gasteiger partial charge in [-0.2, -0.15) is 0 Å². The first-order valence-corrected chi connectivity index (χ1v) is 6.29. The molecule has 1 aromatic rings. The van der Waals surface area contributed by atoms with E-state index in [-0.39, 0.29) is 17.6 Å². The summed E-state index contributed by atoms with van der Waals surface area (Å²) in [5.74, 6) is 0.364. The van der Waals surface area contributed by atoms with Crippen molar-refractivity contribution in [2.24, 2.45) is 0 Å². The first-order valence-electron chi connectivity index (χ1n) is 6.29. The van der Waals surface area contributed by atoms with Gasteiger partial charge in [-0.1, -0.05) is 29.8 Å². The van der Waals surface area contributed by atoms with Crippen molar-refractivity contribution < 1.29 is 9.59 Å². The second-order valence-corrected chi connectivity index (χ2v) is 4.79. The molecule has 0 fully saturated rings. The summed E-state index contributed by atoms with van der Waals surface area (Å²) in [5.41, 5.74) is 2.39. The maximum atomic E-state index is 11.1. The molecule has 1 aromatic carbocycles. The normalized spacial score (nSPS) is 11.9. The van der Waals surface area contributed by atoms with E-state index in [2.05, 4.69) is 29.6 Å². The highest BCUT2D eigenvalue weighted by atomic mass is 16.1. The van der Waals surface area contributed by atoms with Gasteiger partial charge in [0.15, 0.2) is 0 Å². The van der Waals surface area contributed by atoms with Crippen molar-refractivity contribution in [1.29, 1.82) is 0 Å². The summed E-state index contributed by atoms with van der Waals surface area (Å²) in [6.45, 7) is 5.75. The van der Waals surface area contributed by atoms with Crippen LogP contribution in [0.3, 0.4) is 0 Å². The lowest BCUT2D eigenvalue weighted by atomic mass is 9.92. The van der Waals surface area contributed by atoms with Gasteiger partial charge < -0.3 is 10.1 Å². The van der Waals surface area contributed by atoms with Crippen molar-refractivity contribution in [2.75, 3.05) is 6.54 Å². The Morgan fingerprint density at radius 2 is 1.78 bits per heavy atom. The Morgan fingerprint density at radius 1 is 1.17 bits per heavy atom. The second kappa shape index (κ2) is 6.94. The molecule has 98 valence electrons. The fraction of sp³-hybridized carbons (Fsp3) is 0.467. The number of hydrogen-bond donors (Lipinski definition) is 1. The minimum Gasteiger partial charge on any atom is -0.356 e. The standard InChI is InChI=1S/C15H21NO2/c1-11-4-7-14(8-5-11)15(9-6-12(2)17)10-16-13(3)18/h4-5,7-8,15H,6,9-10H2,1-3H3,(H,16,18). The Labute approximate surface area is 109 Å². The first kappa shape index (κ1) is 14.4. The lowest BCUT2D eigenvalue weighted by Gasteiger charge is -2.17. The van der Waals surface area contributed by atoms with E-state index in [0.717, 1.165) is 6.42 Å². The van der Waals surface area contributed by atoms with E-state index in [0.29, 0.717) is 13.0 Å². The summed E-state index contributed by atoms with van der Waals surface area (Å²) in [6, 6.07) is 8.26. The first-order chi connectivity index (χ1) is 8.49. The van der Waals surface area contributed by atoms with Crippen LogP contribution in [0.5, 0.6) is 0 Å². The fourth-order valence-corrected chi connectivity index (χ4v) is 1.87. The quantitative estimate of drug-likeness (QED) is 0.839. The number of carbonyl (C=O) groups is 2. The number of hydrogen-bond acceptors (Lipinski definition) is 2. The number of carbonyl (C=O) groups excluding carboxylic acids is 2. The molecule has 1 atom stereocenters. The van der Waals surface area contributed by atoms with E-state index in [1.54, 1.807) is 6.92 Å². The summed E-state index contributed by atoms with van der Waals surface area (Å²) in [7, 11) is 0. The molecule has 3 nitrogen and oxygen atoms in total. The molecule has 0 aliphatic carbocycles. The zero-order valence-corrected chi connectivity index (χ0v) is 11.3. The Kier molecular flexibility index (Phi) is 5.56. The van der Waals surface area contributed by atoms with Crippen LogP contribution < -0.4 is 5.32 Å². The van der Waals surface area contributed by atoms with E-state index in [1.807, 2.05) is 6.92 Å². The third-order valence-electron chi connectivity index (χ3n) is 2.99. The highest BCUT2D eigenvalue weighted by Crippen LogP contribution is 2.21. The molecule has 0 heterocycles. The van der Waals surface area contributed by atoms with Gasteiger partial charge in [-0.25, -0.2) is 0 Å². The summed E-state index contributed by atoms with van der Waals surface area (Å²) in [5, 5.41) is 2.83. The zero-order chi connectivity index (χ0) is 13.5. The topological polar surface area (TPSA) is 46.2 Å². The maximum absolute atomic E-state index is 11.1. The lowest BCUT2D eigenvalue weighted by Crippen LogP contribution is -2.26. The highest BCUT2D eigenvalue weighted by Gasteiger charge is 2.12. The monoisotopic (exact) mass is 247 g/mol. The Morgan fingerprint density at radius 3 is 2.28 bits per heavy atom. The maximum Gasteiger partial charge on any atom is 0.216 e. The van der Waals surface area contributed by atoms with E-state index in [1.165, 1.54) is 18.1 Å². The summed E-state index contributed by atoms with van der Waals surface area (Å²) >= 11 is 0. The molecule has 0 aromatic heterocycles. The fourth-order valence-electron chi connectivity index (χ4n) is 1.87. The van der Waals surface area contributed by atoms with Gasteiger partial charge in [0, 0.05) is 25.8 Å². The molecular weight excluding hydrogens is 226 g/mol. The van der Waals surface area contributed by atoms with Gasteiger partial charge >= 0.3 is 0 Å². The second-order valence-electron chi connectivity index (χ2n) is 4.79. The predicted molar refractivity (Wildman–Crippen MR) is 72.5 cm³/mol. The summed E-state index contributed by atoms with van der Waals surface area (Å²) in [6.07, 6.45) is 1.33.